The zero-order chi connectivity index (χ0) is 27.9. The molecule has 202 valence electrons. The van der Waals surface area contributed by atoms with Crippen LogP contribution in [0.2, 0.25) is 0 Å². The summed E-state index contributed by atoms with van der Waals surface area (Å²) >= 11 is 0. The Bertz CT molecular complexity index is 2110. The van der Waals surface area contributed by atoms with Gasteiger partial charge in [0.1, 0.15) is 22.7 Å². The van der Waals surface area contributed by atoms with Crippen LogP contribution in [0.25, 0.3) is 33.1 Å². The summed E-state index contributed by atoms with van der Waals surface area (Å²) in [6, 6.07) is 40.2. The van der Waals surface area contributed by atoms with Crippen LogP contribution in [0.1, 0.15) is 53.5 Å². The molecule has 9 rings (SSSR count). The van der Waals surface area contributed by atoms with Crippen LogP contribution in [0.15, 0.2) is 130 Å². The van der Waals surface area contributed by atoms with Crippen LogP contribution in [0.3, 0.4) is 0 Å². The van der Waals surface area contributed by atoms with E-state index in [0.29, 0.717) is 5.84 Å². The summed E-state index contributed by atoms with van der Waals surface area (Å²) in [6.45, 7) is 0. The number of fused-ring (bicyclic) bond motifs is 8. The summed E-state index contributed by atoms with van der Waals surface area (Å²) in [6.07, 6.45) is 4.93. The maximum atomic E-state index is 6.93. The smallest absolute Gasteiger partial charge is 0.221 e. The Kier molecular flexibility index (Phi) is 4.81. The molecule has 1 saturated carbocycles. The van der Waals surface area contributed by atoms with Crippen molar-refractivity contribution in [3.8, 4) is 11.1 Å². The molecular formula is C38H29N3O. The summed E-state index contributed by atoms with van der Waals surface area (Å²) in [5.74, 6) is 0.454. The number of hydrogen-bond acceptors (Lipinski definition) is 3. The highest BCUT2D eigenvalue weighted by molar-refractivity contribution is 6.23. The quantitative estimate of drug-likeness (QED) is 0.179. The average Bonchev–Trinajstić information content (AvgIpc) is 3.33. The third kappa shape index (κ3) is 3.12. The zero-order valence-corrected chi connectivity index (χ0v) is 23.2. The van der Waals surface area contributed by atoms with Crippen LogP contribution in [0.4, 0.5) is 0 Å². The van der Waals surface area contributed by atoms with Crippen LogP contribution in [-0.4, -0.2) is 11.5 Å². The fourth-order valence-corrected chi connectivity index (χ4v) is 7.84. The van der Waals surface area contributed by atoms with Gasteiger partial charge in [0, 0.05) is 32.9 Å². The van der Waals surface area contributed by atoms with Crippen molar-refractivity contribution in [1.82, 2.24) is 0 Å². The molecular weight excluding hydrogens is 514 g/mol. The maximum Gasteiger partial charge on any atom is 0.221 e. The Morgan fingerprint density at radius 3 is 2.26 bits per heavy atom. The lowest BCUT2D eigenvalue weighted by Crippen LogP contribution is -2.23. The second-order valence-electron chi connectivity index (χ2n) is 11.8. The van der Waals surface area contributed by atoms with Crippen molar-refractivity contribution in [3.05, 3.63) is 143 Å². The number of amidine groups is 1. The fourth-order valence-electron chi connectivity index (χ4n) is 7.84. The van der Waals surface area contributed by atoms with Gasteiger partial charge in [-0.3, -0.25) is 0 Å². The number of para-hydroxylation sites is 1. The predicted molar refractivity (Wildman–Crippen MR) is 170 cm³/mol. The van der Waals surface area contributed by atoms with Gasteiger partial charge in [-0.1, -0.05) is 116 Å². The topological polar surface area (TPSA) is 63.9 Å². The molecule has 1 spiro atoms. The van der Waals surface area contributed by atoms with E-state index in [-0.39, 0.29) is 5.41 Å². The van der Waals surface area contributed by atoms with E-state index in [9.17, 15) is 0 Å². The van der Waals surface area contributed by atoms with Gasteiger partial charge in [0.25, 0.3) is 0 Å². The molecule has 1 aromatic heterocycles. The predicted octanol–water partition coefficient (Wildman–Crippen LogP) is 8.49. The van der Waals surface area contributed by atoms with E-state index in [1.807, 2.05) is 42.5 Å². The van der Waals surface area contributed by atoms with Crippen LogP contribution >= 0.6 is 0 Å². The summed E-state index contributed by atoms with van der Waals surface area (Å²) in [7, 11) is 0. The largest absolute Gasteiger partial charge is 0.456 e. The maximum absolute atomic E-state index is 6.93. The van der Waals surface area contributed by atoms with Crippen molar-refractivity contribution in [2.45, 2.75) is 36.8 Å². The minimum atomic E-state index is -0.872. The van der Waals surface area contributed by atoms with E-state index in [0.717, 1.165) is 44.3 Å². The van der Waals surface area contributed by atoms with E-state index in [1.54, 1.807) is 0 Å². The molecule has 2 N–H and O–H groups in total. The minimum absolute atomic E-state index is 0.104. The monoisotopic (exact) mass is 543 g/mol. The highest BCUT2D eigenvalue weighted by Crippen LogP contribution is 2.59. The van der Waals surface area contributed by atoms with Gasteiger partial charge in [0.05, 0.1) is 0 Å². The summed E-state index contributed by atoms with van der Waals surface area (Å²) < 4.78 is 6.15. The molecule has 1 atom stereocenters. The second-order valence-corrected chi connectivity index (χ2v) is 11.8. The Balaban J connectivity index is 1.23. The highest BCUT2D eigenvalue weighted by Gasteiger charge is 2.53. The molecule has 4 nitrogen and oxygen atoms in total. The van der Waals surface area contributed by atoms with Crippen molar-refractivity contribution in [3.63, 3.8) is 0 Å². The summed E-state index contributed by atoms with van der Waals surface area (Å²) in [5, 5.41) is 2.02. The number of nitrogens with two attached hydrogens (primary N) is 1. The lowest BCUT2D eigenvalue weighted by atomic mass is 9.76. The average molecular weight is 544 g/mol. The van der Waals surface area contributed by atoms with Crippen molar-refractivity contribution in [2.75, 3.05) is 0 Å². The van der Waals surface area contributed by atoms with Crippen LogP contribution < -0.4 is 5.73 Å². The number of aliphatic imine (C=N–C) groups is 2. The molecule has 2 aliphatic carbocycles. The van der Waals surface area contributed by atoms with Gasteiger partial charge in [-0.25, -0.2) is 9.98 Å². The van der Waals surface area contributed by atoms with Crippen LogP contribution in [0, 0.1) is 0 Å². The fraction of sp³-hybridized carbons (Fsp3) is 0.158. The number of furan rings is 1. The van der Waals surface area contributed by atoms with Gasteiger partial charge in [0.2, 0.25) is 5.66 Å². The molecule has 5 aromatic carbocycles. The molecule has 1 unspecified atom stereocenters. The number of hydrogen-bond donors (Lipinski definition) is 1. The van der Waals surface area contributed by atoms with E-state index < -0.39 is 5.66 Å². The molecule has 0 amide bonds. The molecule has 4 heteroatoms. The van der Waals surface area contributed by atoms with E-state index in [1.165, 1.54) is 47.9 Å². The lowest BCUT2D eigenvalue weighted by Gasteiger charge is -2.26. The third-order valence-corrected chi connectivity index (χ3v) is 9.70. The van der Waals surface area contributed by atoms with E-state index in [4.69, 9.17) is 20.1 Å². The molecule has 3 aliphatic rings. The Morgan fingerprint density at radius 2 is 1.38 bits per heavy atom. The first kappa shape index (κ1) is 23.7. The van der Waals surface area contributed by atoms with E-state index in [2.05, 4.69) is 72.8 Å². The van der Waals surface area contributed by atoms with Crippen molar-refractivity contribution in [1.29, 1.82) is 0 Å². The first-order valence-corrected chi connectivity index (χ1v) is 14.9. The number of rotatable bonds is 4. The second kappa shape index (κ2) is 8.53. The molecule has 1 fully saturated rings. The first-order chi connectivity index (χ1) is 20.7. The van der Waals surface area contributed by atoms with Gasteiger partial charge in [-0.15, -0.1) is 0 Å². The molecule has 0 bridgehead atoms. The highest BCUT2D eigenvalue weighted by atomic mass is 16.3. The SMILES string of the molecule is N/C(=N\C1(c2ccccc2)N=C1c1cccc2c1-c1ccccc1C21CCCC1)c1cccc2oc3ccccc3c12. The minimum Gasteiger partial charge on any atom is -0.456 e. The normalized spacial score (nSPS) is 20.2. The van der Waals surface area contributed by atoms with Gasteiger partial charge in [-0.2, -0.15) is 0 Å². The number of nitrogens with zero attached hydrogens (tertiary/aromatic N) is 2. The Labute approximate surface area is 244 Å². The van der Waals surface area contributed by atoms with Gasteiger partial charge in [-0.05, 0) is 47.2 Å². The first-order valence-electron chi connectivity index (χ1n) is 14.9. The van der Waals surface area contributed by atoms with Crippen molar-refractivity contribution >= 4 is 33.5 Å². The standard InChI is InChI=1S/C38H29N3O/c39-36(28-17-11-21-32-34(28)26-15-5-7-20-31(26)42-32)41-38(24-12-2-1-3-13-24)35(40-38)27-16-10-19-30-33(27)25-14-4-6-18-29(25)37(30)22-8-9-23-37/h1-7,10-21H,8-9,22-23H2,(H2,39,41). The molecule has 2 heterocycles. The molecule has 6 aromatic rings. The lowest BCUT2D eigenvalue weighted by molar-refractivity contribution is 0.550. The summed E-state index contributed by atoms with van der Waals surface area (Å²) in [5.41, 5.74) is 17.4. The summed E-state index contributed by atoms with van der Waals surface area (Å²) in [4.78, 5) is 10.5. The van der Waals surface area contributed by atoms with Crippen LogP contribution in [0.5, 0.6) is 0 Å². The molecule has 1 aliphatic heterocycles. The van der Waals surface area contributed by atoms with Gasteiger partial charge >= 0.3 is 0 Å². The van der Waals surface area contributed by atoms with Crippen LogP contribution in [-0.2, 0) is 11.1 Å². The van der Waals surface area contributed by atoms with Gasteiger partial charge in [0.15, 0.2) is 0 Å². The Morgan fingerprint density at radius 1 is 0.690 bits per heavy atom. The zero-order valence-electron chi connectivity index (χ0n) is 23.2. The molecule has 42 heavy (non-hydrogen) atoms. The number of benzene rings is 5. The molecule has 0 radical (unpaired) electrons. The molecule has 0 saturated heterocycles. The van der Waals surface area contributed by atoms with Crippen molar-refractivity contribution < 1.29 is 4.42 Å². The Hall–Kier alpha value is -4.96. The third-order valence-electron chi connectivity index (χ3n) is 9.70. The van der Waals surface area contributed by atoms with E-state index >= 15 is 0 Å². The van der Waals surface area contributed by atoms with Crippen molar-refractivity contribution in [2.24, 2.45) is 15.7 Å². The van der Waals surface area contributed by atoms with Gasteiger partial charge < -0.3 is 10.2 Å².